The Morgan fingerprint density at radius 3 is 2.67 bits per heavy atom. The zero-order chi connectivity index (χ0) is 18.8. The lowest BCUT2D eigenvalue weighted by Gasteiger charge is -2.31. The normalized spacial score (nSPS) is 15.1. The van der Waals surface area contributed by atoms with E-state index in [0.717, 1.165) is 31.4 Å². The van der Waals surface area contributed by atoms with Gasteiger partial charge in [-0.25, -0.2) is 9.67 Å². The molecule has 1 aliphatic carbocycles. The predicted octanol–water partition coefficient (Wildman–Crippen LogP) is 2.37. The first kappa shape index (κ1) is 17.5. The highest BCUT2D eigenvalue weighted by molar-refractivity contribution is 5.78. The Hall–Kier alpha value is -2.96. The van der Waals surface area contributed by atoms with Crippen LogP contribution in [0.3, 0.4) is 0 Å². The molecule has 0 N–H and O–H groups in total. The van der Waals surface area contributed by atoms with Crippen LogP contribution in [0.2, 0.25) is 0 Å². The Labute approximate surface area is 157 Å². The van der Waals surface area contributed by atoms with Gasteiger partial charge in [0.2, 0.25) is 5.91 Å². The molecule has 0 aliphatic heterocycles. The van der Waals surface area contributed by atoms with Crippen molar-refractivity contribution in [3.8, 4) is 5.69 Å². The summed E-state index contributed by atoms with van der Waals surface area (Å²) >= 11 is 0. The number of amides is 1. The molecule has 7 heteroatoms. The maximum absolute atomic E-state index is 12.8. The van der Waals surface area contributed by atoms with E-state index < -0.39 is 0 Å². The van der Waals surface area contributed by atoms with Crippen molar-refractivity contribution >= 4 is 16.9 Å². The molecule has 1 aliphatic rings. The molecule has 4 rings (SSSR count). The van der Waals surface area contributed by atoms with Crippen molar-refractivity contribution in [1.82, 2.24) is 24.2 Å². The number of hydrogen-bond donors (Lipinski definition) is 0. The summed E-state index contributed by atoms with van der Waals surface area (Å²) < 4.78 is 3.01. The largest absolute Gasteiger partial charge is 0.341 e. The van der Waals surface area contributed by atoms with Gasteiger partial charge in [0.1, 0.15) is 18.3 Å². The van der Waals surface area contributed by atoms with Crippen molar-refractivity contribution in [3.63, 3.8) is 0 Å². The Morgan fingerprint density at radius 1 is 1.19 bits per heavy atom. The molecule has 3 aromatic rings. The number of nitrogens with zero attached hydrogens (tertiary/aromatic N) is 5. The minimum absolute atomic E-state index is 0.00525. The van der Waals surface area contributed by atoms with Crippen LogP contribution in [0.25, 0.3) is 16.7 Å². The van der Waals surface area contributed by atoms with Gasteiger partial charge in [0, 0.05) is 13.1 Å². The second kappa shape index (κ2) is 7.34. The van der Waals surface area contributed by atoms with Gasteiger partial charge >= 0.3 is 0 Å². The molecule has 2 heterocycles. The maximum Gasteiger partial charge on any atom is 0.264 e. The van der Waals surface area contributed by atoms with Gasteiger partial charge in [-0.15, -0.1) is 0 Å². The highest BCUT2D eigenvalue weighted by Crippen LogP contribution is 2.21. The summed E-state index contributed by atoms with van der Waals surface area (Å²) in [7, 11) is 1.84. The molecule has 0 unspecified atom stereocenters. The van der Waals surface area contributed by atoms with E-state index in [1.165, 1.54) is 23.5 Å². The molecule has 0 spiro atoms. The van der Waals surface area contributed by atoms with Gasteiger partial charge in [0.05, 0.1) is 11.9 Å². The number of likely N-dealkylation sites (N-methyl/N-ethyl adjacent to an activating group) is 1. The van der Waals surface area contributed by atoms with Gasteiger partial charge in [-0.2, -0.15) is 5.10 Å². The van der Waals surface area contributed by atoms with Gasteiger partial charge < -0.3 is 4.90 Å². The van der Waals surface area contributed by atoms with Crippen LogP contribution in [0.4, 0.5) is 0 Å². The van der Waals surface area contributed by atoms with E-state index in [-0.39, 0.29) is 24.1 Å². The molecule has 1 amide bonds. The fourth-order valence-corrected chi connectivity index (χ4v) is 3.75. The van der Waals surface area contributed by atoms with E-state index in [2.05, 4.69) is 10.1 Å². The third-order valence-corrected chi connectivity index (χ3v) is 5.38. The van der Waals surface area contributed by atoms with Gasteiger partial charge in [0.25, 0.3) is 5.56 Å². The van der Waals surface area contributed by atoms with Gasteiger partial charge in [-0.3, -0.25) is 14.2 Å². The molecule has 7 nitrogen and oxygen atoms in total. The SMILES string of the molecule is CN(C(=O)Cn1cnc2c(cnn2-c2ccccc2)c1=O)C1CCCCC1. The second-order valence-corrected chi connectivity index (χ2v) is 7.10. The van der Waals surface area contributed by atoms with Crippen LogP contribution in [-0.2, 0) is 11.3 Å². The lowest BCUT2D eigenvalue weighted by molar-refractivity contribution is -0.133. The Bertz CT molecular complexity index is 1000. The molecule has 0 radical (unpaired) electrons. The average Bonchev–Trinajstić information content (AvgIpc) is 3.15. The van der Waals surface area contributed by atoms with Crippen LogP contribution in [0.15, 0.2) is 47.7 Å². The number of carbonyl (C=O) groups is 1. The molecule has 2 aromatic heterocycles. The van der Waals surface area contributed by atoms with Crippen LogP contribution in [-0.4, -0.2) is 43.2 Å². The third kappa shape index (κ3) is 3.37. The molecule has 0 saturated heterocycles. The van der Waals surface area contributed by atoms with Crippen molar-refractivity contribution in [2.75, 3.05) is 7.05 Å². The summed E-state index contributed by atoms with van der Waals surface area (Å²) in [4.78, 5) is 31.6. The first-order chi connectivity index (χ1) is 13.1. The highest BCUT2D eigenvalue weighted by atomic mass is 16.2. The first-order valence-corrected chi connectivity index (χ1v) is 9.39. The van der Waals surface area contributed by atoms with Crippen molar-refractivity contribution in [3.05, 3.63) is 53.2 Å². The molecule has 0 bridgehead atoms. The fraction of sp³-hybridized carbons (Fsp3) is 0.400. The molecule has 1 fully saturated rings. The summed E-state index contributed by atoms with van der Waals surface area (Å²) in [6, 6.07) is 9.82. The average molecular weight is 365 g/mol. The zero-order valence-electron chi connectivity index (χ0n) is 15.4. The third-order valence-electron chi connectivity index (χ3n) is 5.38. The lowest BCUT2D eigenvalue weighted by Crippen LogP contribution is -2.41. The number of benzene rings is 1. The molecular formula is C20H23N5O2. The van der Waals surface area contributed by atoms with E-state index in [1.54, 1.807) is 9.58 Å². The Balaban J connectivity index is 1.59. The smallest absolute Gasteiger partial charge is 0.264 e. The lowest BCUT2D eigenvalue weighted by atomic mass is 9.94. The van der Waals surface area contributed by atoms with Crippen molar-refractivity contribution < 1.29 is 4.79 Å². The van der Waals surface area contributed by atoms with Crippen LogP contribution in [0.1, 0.15) is 32.1 Å². The number of rotatable bonds is 4. The fourth-order valence-electron chi connectivity index (χ4n) is 3.75. The summed E-state index contributed by atoms with van der Waals surface area (Å²) in [6.45, 7) is 0.00525. The van der Waals surface area contributed by atoms with Crippen molar-refractivity contribution in [1.29, 1.82) is 0 Å². The number of hydrogen-bond acceptors (Lipinski definition) is 4. The molecule has 0 atom stereocenters. The number of fused-ring (bicyclic) bond motifs is 1. The predicted molar refractivity (Wildman–Crippen MR) is 103 cm³/mol. The second-order valence-electron chi connectivity index (χ2n) is 7.10. The van der Waals surface area contributed by atoms with Crippen LogP contribution in [0, 0.1) is 0 Å². The maximum atomic E-state index is 12.8. The number of carbonyl (C=O) groups excluding carboxylic acids is 1. The topological polar surface area (TPSA) is 73.0 Å². The van der Waals surface area contributed by atoms with Gasteiger partial charge in [-0.1, -0.05) is 37.5 Å². The first-order valence-electron chi connectivity index (χ1n) is 9.39. The van der Waals surface area contributed by atoms with Gasteiger partial charge in [0.15, 0.2) is 5.65 Å². The van der Waals surface area contributed by atoms with Gasteiger partial charge in [-0.05, 0) is 25.0 Å². The summed E-state index contributed by atoms with van der Waals surface area (Å²) in [5.74, 6) is -0.0550. The zero-order valence-corrected chi connectivity index (χ0v) is 15.4. The summed E-state index contributed by atoms with van der Waals surface area (Å²) in [5.41, 5.74) is 1.09. The quantitative estimate of drug-likeness (QED) is 0.711. The van der Waals surface area contributed by atoms with Crippen molar-refractivity contribution in [2.24, 2.45) is 0 Å². The Morgan fingerprint density at radius 2 is 1.93 bits per heavy atom. The highest BCUT2D eigenvalue weighted by Gasteiger charge is 2.23. The van der Waals surface area contributed by atoms with E-state index in [0.29, 0.717) is 11.0 Å². The summed E-state index contributed by atoms with van der Waals surface area (Å²) in [6.07, 6.45) is 8.60. The number of aromatic nitrogens is 4. The monoisotopic (exact) mass is 365 g/mol. The van der Waals surface area contributed by atoms with E-state index in [1.807, 2.05) is 37.4 Å². The number of para-hydroxylation sites is 1. The minimum atomic E-state index is -0.243. The van der Waals surface area contributed by atoms with E-state index in [9.17, 15) is 9.59 Å². The van der Waals surface area contributed by atoms with Crippen LogP contribution >= 0.6 is 0 Å². The van der Waals surface area contributed by atoms with Crippen molar-refractivity contribution in [2.45, 2.75) is 44.7 Å². The minimum Gasteiger partial charge on any atom is -0.341 e. The van der Waals surface area contributed by atoms with E-state index in [4.69, 9.17) is 0 Å². The molecule has 1 aromatic carbocycles. The summed E-state index contributed by atoms with van der Waals surface area (Å²) in [5, 5.41) is 4.71. The molecule has 1 saturated carbocycles. The molecule has 140 valence electrons. The molecule has 27 heavy (non-hydrogen) atoms. The van der Waals surface area contributed by atoms with Crippen LogP contribution in [0.5, 0.6) is 0 Å². The van der Waals surface area contributed by atoms with E-state index >= 15 is 0 Å². The Kier molecular flexibility index (Phi) is 4.75. The standard InChI is InChI=1S/C20H23N5O2/c1-23(15-8-4-2-5-9-15)18(26)13-24-14-21-19-17(20(24)27)12-22-25(19)16-10-6-3-7-11-16/h3,6-7,10-12,14-15H,2,4-5,8-9,13H2,1H3. The van der Waals surface area contributed by atoms with Crippen LogP contribution < -0.4 is 5.56 Å². The molecular weight excluding hydrogens is 342 g/mol.